The average molecular weight is 401 g/mol. The minimum absolute atomic E-state index is 0.0609. The van der Waals surface area contributed by atoms with Gasteiger partial charge in [0.1, 0.15) is 6.61 Å². The molecule has 0 saturated heterocycles. The van der Waals surface area contributed by atoms with Crippen molar-refractivity contribution in [1.82, 2.24) is 0 Å². The molecule has 0 aliphatic carbocycles. The molecule has 0 bridgehead atoms. The highest BCUT2D eigenvalue weighted by molar-refractivity contribution is 5.70. The number of aliphatic hydroxyl groups excluding tert-OH is 1. The van der Waals surface area contributed by atoms with E-state index in [0.717, 1.165) is 38.5 Å². The number of aliphatic hydroxyl groups is 1. The number of carbonyl (C=O) groups excluding carboxylic acids is 2. The van der Waals surface area contributed by atoms with Crippen LogP contribution in [-0.4, -0.2) is 36.4 Å². The summed E-state index contributed by atoms with van der Waals surface area (Å²) in [6, 6.07) is 0. The van der Waals surface area contributed by atoms with Crippen LogP contribution >= 0.6 is 0 Å². The van der Waals surface area contributed by atoms with Gasteiger partial charge in [-0.3, -0.25) is 9.59 Å². The molecule has 0 aromatic heterocycles. The smallest absolute Gasteiger partial charge is 0.306 e. The Kier molecular flexibility index (Phi) is 19.8. The fraction of sp³-hybridized carbons (Fsp3) is 0.913. The first kappa shape index (κ1) is 26.9. The molecule has 0 rings (SSSR count). The van der Waals surface area contributed by atoms with E-state index >= 15 is 0 Å². The van der Waals surface area contributed by atoms with Gasteiger partial charge in [0.15, 0.2) is 6.10 Å². The van der Waals surface area contributed by atoms with E-state index in [1.807, 2.05) is 0 Å². The highest BCUT2D eigenvalue weighted by atomic mass is 16.6. The first-order chi connectivity index (χ1) is 13.6. The van der Waals surface area contributed by atoms with Crippen molar-refractivity contribution in [3.05, 3.63) is 0 Å². The van der Waals surface area contributed by atoms with Gasteiger partial charge in [0, 0.05) is 12.8 Å². The molecule has 0 radical (unpaired) electrons. The van der Waals surface area contributed by atoms with Crippen molar-refractivity contribution in [1.29, 1.82) is 0 Å². The summed E-state index contributed by atoms with van der Waals surface area (Å²) < 4.78 is 10.4. The topological polar surface area (TPSA) is 72.8 Å². The molecule has 0 amide bonds. The summed E-state index contributed by atoms with van der Waals surface area (Å²) in [6.45, 7) is 4.01. The van der Waals surface area contributed by atoms with Crippen molar-refractivity contribution < 1.29 is 24.2 Å². The van der Waals surface area contributed by atoms with Crippen molar-refractivity contribution in [3.8, 4) is 0 Å². The minimum atomic E-state index is -0.755. The average Bonchev–Trinajstić information content (AvgIpc) is 2.69. The molecule has 5 heteroatoms. The molecule has 1 atom stereocenters. The molecule has 0 aliphatic rings. The SMILES string of the molecule is CCCCCCCCCC(=O)OCC(CO)OC(=O)CCCCCCCCC. The highest BCUT2D eigenvalue weighted by Gasteiger charge is 2.16. The zero-order valence-electron chi connectivity index (χ0n) is 18.4. The zero-order valence-corrected chi connectivity index (χ0v) is 18.4. The number of hydrogen-bond acceptors (Lipinski definition) is 5. The van der Waals surface area contributed by atoms with E-state index in [-0.39, 0.29) is 25.2 Å². The van der Waals surface area contributed by atoms with Crippen LogP contribution in [0, 0.1) is 0 Å². The van der Waals surface area contributed by atoms with E-state index in [9.17, 15) is 14.7 Å². The lowest BCUT2D eigenvalue weighted by Gasteiger charge is -2.15. The number of carbonyl (C=O) groups is 2. The van der Waals surface area contributed by atoms with E-state index in [0.29, 0.717) is 12.8 Å². The molecule has 0 aromatic carbocycles. The minimum Gasteiger partial charge on any atom is -0.462 e. The van der Waals surface area contributed by atoms with Gasteiger partial charge in [-0.15, -0.1) is 0 Å². The first-order valence-corrected chi connectivity index (χ1v) is 11.6. The Morgan fingerprint density at radius 2 is 1.11 bits per heavy atom. The molecule has 0 saturated carbocycles. The summed E-state index contributed by atoms with van der Waals surface area (Å²) in [5.41, 5.74) is 0. The van der Waals surface area contributed by atoms with Crippen LogP contribution in [0.4, 0.5) is 0 Å². The lowest BCUT2D eigenvalue weighted by Crippen LogP contribution is -2.28. The summed E-state index contributed by atoms with van der Waals surface area (Å²) in [4.78, 5) is 23.6. The van der Waals surface area contributed by atoms with Crippen LogP contribution in [-0.2, 0) is 19.1 Å². The molecule has 5 nitrogen and oxygen atoms in total. The van der Waals surface area contributed by atoms with Gasteiger partial charge in [-0.1, -0.05) is 90.9 Å². The normalized spacial score (nSPS) is 12.0. The van der Waals surface area contributed by atoms with Crippen molar-refractivity contribution in [2.75, 3.05) is 13.2 Å². The van der Waals surface area contributed by atoms with Crippen LogP contribution in [0.1, 0.15) is 117 Å². The molecular formula is C23H44O5. The number of ether oxygens (including phenoxy) is 2. The van der Waals surface area contributed by atoms with E-state index in [4.69, 9.17) is 9.47 Å². The van der Waals surface area contributed by atoms with Gasteiger partial charge in [-0.05, 0) is 12.8 Å². The van der Waals surface area contributed by atoms with Crippen LogP contribution < -0.4 is 0 Å². The van der Waals surface area contributed by atoms with Crippen LogP contribution in [0.3, 0.4) is 0 Å². The van der Waals surface area contributed by atoms with E-state index < -0.39 is 6.10 Å². The predicted octanol–water partition coefficient (Wildman–Crippen LogP) is 5.72. The van der Waals surface area contributed by atoms with Crippen LogP contribution in [0.5, 0.6) is 0 Å². The van der Waals surface area contributed by atoms with Crippen molar-refractivity contribution >= 4 is 11.9 Å². The van der Waals surface area contributed by atoms with Crippen molar-refractivity contribution in [2.24, 2.45) is 0 Å². The van der Waals surface area contributed by atoms with Crippen LogP contribution in [0.2, 0.25) is 0 Å². The first-order valence-electron chi connectivity index (χ1n) is 11.6. The zero-order chi connectivity index (χ0) is 20.9. The molecule has 0 heterocycles. The monoisotopic (exact) mass is 400 g/mol. The Morgan fingerprint density at radius 1 is 0.679 bits per heavy atom. The fourth-order valence-corrected chi connectivity index (χ4v) is 3.08. The molecule has 0 spiro atoms. The molecule has 28 heavy (non-hydrogen) atoms. The van der Waals surface area contributed by atoms with E-state index in [2.05, 4.69) is 13.8 Å². The molecular weight excluding hydrogens is 356 g/mol. The number of hydrogen-bond donors (Lipinski definition) is 1. The van der Waals surface area contributed by atoms with Gasteiger partial charge in [0.25, 0.3) is 0 Å². The standard InChI is InChI=1S/C23H44O5/c1-3-5-7-9-11-13-15-17-22(25)27-20-21(19-24)28-23(26)18-16-14-12-10-8-6-4-2/h21,24H,3-20H2,1-2H3. The predicted molar refractivity (Wildman–Crippen MR) is 113 cm³/mol. The second kappa shape index (κ2) is 20.6. The number of rotatable bonds is 20. The Balaban J connectivity index is 3.67. The second-order valence-corrected chi connectivity index (χ2v) is 7.72. The maximum Gasteiger partial charge on any atom is 0.306 e. The summed E-state index contributed by atoms with van der Waals surface area (Å²) >= 11 is 0. The van der Waals surface area contributed by atoms with Crippen LogP contribution in [0.15, 0.2) is 0 Å². The third-order valence-corrected chi connectivity index (χ3v) is 4.90. The summed E-state index contributed by atoms with van der Waals surface area (Å²) in [5, 5.41) is 9.33. The van der Waals surface area contributed by atoms with Crippen molar-refractivity contribution in [2.45, 2.75) is 123 Å². The summed E-state index contributed by atoms with van der Waals surface area (Å²) in [6.07, 6.45) is 16.0. The fourth-order valence-electron chi connectivity index (χ4n) is 3.08. The van der Waals surface area contributed by atoms with Gasteiger partial charge in [0.05, 0.1) is 6.61 Å². The Bertz CT molecular complexity index is 370. The quantitative estimate of drug-likeness (QED) is 0.209. The Hall–Kier alpha value is -1.10. The summed E-state index contributed by atoms with van der Waals surface area (Å²) in [7, 11) is 0. The van der Waals surface area contributed by atoms with Crippen LogP contribution in [0.25, 0.3) is 0 Å². The third kappa shape index (κ3) is 18.3. The molecule has 0 aromatic rings. The molecule has 1 N–H and O–H groups in total. The molecule has 166 valence electrons. The van der Waals surface area contributed by atoms with E-state index in [1.165, 1.54) is 51.4 Å². The number of unbranched alkanes of at least 4 members (excludes halogenated alkanes) is 12. The molecule has 1 unspecified atom stereocenters. The largest absolute Gasteiger partial charge is 0.462 e. The van der Waals surface area contributed by atoms with Gasteiger partial charge < -0.3 is 14.6 Å². The second-order valence-electron chi connectivity index (χ2n) is 7.72. The summed E-state index contributed by atoms with van der Waals surface area (Å²) in [5.74, 6) is -0.606. The maximum atomic E-state index is 11.8. The highest BCUT2D eigenvalue weighted by Crippen LogP contribution is 2.11. The van der Waals surface area contributed by atoms with Crippen molar-refractivity contribution in [3.63, 3.8) is 0 Å². The van der Waals surface area contributed by atoms with Gasteiger partial charge >= 0.3 is 11.9 Å². The lowest BCUT2D eigenvalue weighted by molar-refractivity contribution is -0.161. The lowest BCUT2D eigenvalue weighted by atomic mass is 10.1. The number of esters is 2. The van der Waals surface area contributed by atoms with Gasteiger partial charge in [-0.2, -0.15) is 0 Å². The maximum absolute atomic E-state index is 11.8. The third-order valence-electron chi connectivity index (χ3n) is 4.90. The van der Waals surface area contributed by atoms with E-state index in [1.54, 1.807) is 0 Å². The molecule has 0 fully saturated rings. The molecule has 0 aliphatic heterocycles. The van der Waals surface area contributed by atoms with Gasteiger partial charge in [0.2, 0.25) is 0 Å². The Morgan fingerprint density at radius 3 is 1.57 bits per heavy atom. The Labute approximate surface area is 172 Å². The van der Waals surface area contributed by atoms with Gasteiger partial charge in [-0.25, -0.2) is 0 Å².